The SMILES string of the molecule is O=C(C[C@@H]1CCc2ccccc21)NCCCn1ccccc1=O. The van der Waals surface area contributed by atoms with E-state index in [4.69, 9.17) is 0 Å². The van der Waals surface area contributed by atoms with E-state index in [1.165, 1.54) is 11.1 Å². The fourth-order valence-electron chi connectivity index (χ4n) is 3.28. The van der Waals surface area contributed by atoms with E-state index < -0.39 is 0 Å². The molecule has 2 aromatic rings. The van der Waals surface area contributed by atoms with Crippen LogP contribution in [0.1, 0.15) is 36.3 Å². The maximum absolute atomic E-state index is 12.1. The van der Waals surface area contributed by atoms with E-state index >= 15 is 0 Å². The molecule has 1 aromatic heterocycles. The van der Waals surface area contributed by atoms with Crippen LogP contribution in [-0.4, -0.2) is 17.0 Å². The molecule has 0 bridgehead atoms. The summed E-state index contributed by atoms with van der Waals surface area (Å²) in [6.45, 7) is 1.24. The summed E-state index contributed by atoms with van der Waals surface area (Å²) in [5, 5.41) is 2.98. The summed E-state index contributed by atoms with van der Waals surface area (Å²) >= 11 is 0. The summed E-state index contributed by atoms with van der Waals surface area (Å²) in [6.07, 6.45) is 5.23. The minimum Gasteiger partial charge on any atom is -0.356 e. The van der Waals surface area contributed by atoms with Crippen molar-refractivity contribution in [2.75, 3.05) is 6.54 Å². The van der Waals surface area contributed by atoms with Gasteiger partial charge in [0.15, 0.2) is 0 Å². The molecule has 0 radical (unpaired) electrons. The molecular weight excluding hydrogens is 288 g/mol. The van der Waals surface area contributed by atoms with Gasteiger partial charge in [0.1, 0.15) is 0 Å². The monoisotopic (exact) mass is 310 g/mol. The number of hydrogen-bond acceptors (Lipinski definition) is 2. The standard InChI is InChI=1S/C19H22N2O2/c22-18(14-16-10-9-15-6-1-2-7-17(15)16)20-11-5-13-21-12-4-3-8-19(21)23/h1-4,6-8,12,16H,5,9-11,13-14H2,(H,20,22)/t16-/m0/s1. The first-order valence-electron chi connectivity index (χ1n) is 8.24. The van der Waals surface area contributed by atoms with Gasteiger partial charge in [-0.2, -0.15) is 0 Å². The van der Waals surface area contributed by atoms with E-state index in [9.17, 15) is 9.59 Å². The van der Waals surface area contributed by atoms with Gasteiger partial charge < -0.3 is 9.88 Å². The average Bonchev–Trinajstić information content (AvgIpc) is 2.96. The van der Waals surface area contributed by atoms with E-state index in [-0.39, 0.29) is 11.5 Å². The summed E-state index contributed by atoms with van der Waals surface area (Å²) in [5.41, 5.74) is 2.72. The lowest BCUT2D eigenvalue weighted by atomic mass is 9.97. The van der Waals surface area contributed by atoms with Gasteiger partial charge in [-0.05, 0) is 42.4 Å². The number of nitrogens with zero attached hydrogens (tertiary/aromatic N) is 1. The molecule has 1 aliphatic carbocycles. The van der Waals surface area contributed by atoms with E-state index in [0.717, 1.165) is 19.3 Å². The van der Waals surface area contributed by atoms with Crippen LogP contribution < -0.4 is 10.9 Å². The fraction of sp³-hybridized carbons (Fsp3) is 0.368. The Hall–Kier alpha value is -2.36. The highest BCUT2D eigenvalue weighted by atomic mass is 16.1. The maximum Gasteiger partial charge on any atom is 0.250 e. The highest BCUT2D eigenvalue weighted by Gasteiger charge is 2.23. The Labute approximate surface area is 136 Å². The van der Waals surface area contributed by atoms with E-state index in [0.29, 0.717) is 25.4 Å². The number of aromatic nitrogens is 1. The Bertz CT molecular complexity index is 736. The molecule has 0 unspecified atom stereocenters. The number of pyridine rings is 1. The van der Waals surface area contributed by atoms with Crippen LogP contribution in [0.3, 0.4) is 0 Å². The maximum atomic E-state index is 12.1. The summed E-state index contributed by atoms with van der Waals surface area (Å²) in [6, 6.07) is 13.5. The average molecular weight is 310 g/mol. The first kappa shape index (κ1) is 15.5. The molecule has 0 fully saturated rings. The summed E-state index contributed by atoms with van der Waals surface area (Å²) in [4.78, 5) is 23.7. The molecule has 3 rings (SSSR count). The van der Waals surface area contributed by atoms with Gasteiger partial charge in [0.05, 0.1) is 0 Å². The van der Waals surface area contributed by atoms with Crippen molar-refractivity contribution in [1.29, 1.82) is 0 Å². The Balaban J connectivity index is 1.42. The quantitative estimate of drug-likeness (QED) is 0.833. The van der Waals surface area contributed by atoms with Crippen molar-refractivity contribution in [2.24, 2.45) is 0 Å². The van der Waals surface area contributed by atoms with Gasteiger partial charge in [-0.1, -0.05) is 30.3 Å². The third kappa shape index (κ3) is 3.89. The van der Waals surface area contributed by atoms with Crippen LogP contribution in [0.5, 0.6) is 0 Å². The van der Waals surface area contributed by atoms with Gasteiger partial charge in [0.25, 0.3) is 0 Å². The summed E-state index contributed by atoms with van der Waals surface area (Å²) < 4.78 is 1.67. The number of fused-ring (bicyclic) bond motifs is 1. The number of aryl methyl sites for hydroxylation is 2. The molecule has 4 nitrogen and oxygen atoms in total. The van der Waals surface area contributed by atoms with Crippen LogP contribution in [-0.2, 0) is 17.8 Å². The molecule has 0 saturated heterocycles. The van der Waals surface area contributed by atoms with Crippen LogP contribution in [0, 0.1) is 0 Å². The topological polar surface area (TPSA) is 51.1 Å². The molecule has 1 N–H and O–H groups in total. The Morgan fingerprint density at radius 3 is 2.87 bits per heavy atom. The van der Waals surface area contributed by atoms with Crippen molar-refractivity contribution in [1.82, 2.24) is 9.88 Å². The molecule has 23 heavy (non-hydrogen) atoms. The second-order valence-corrected chi connectivity index (χ2v) is 6.07. The molecule has 0 spiro atoms. The number of amides is 1. The van der Waals surface area contributed by atoms with Crippen molar-refractivity contribution in [3.05, 3.63) is 70.1 Å². The minimum atomic E-state index is 0.00129. The molecular formula is C19H22N2O2. The van der Waals surface area contributed by atoms with Crippen molar-refractivity contribution in [3.8, 4) is 0 Å². The number of carbonyl (C=O) groups excluding carboxylic acids is 1. The van der Waals surface area contributed by atoms with Gasteiger partial charge in [-0.15, -0.1) is 0 Å². The van der Waals surface area contributed by atoms with E-state index in [1.54, 1.807) is 22.9 Å². The first-order valence-corrected chi connectivity index (χ1v) is 8.24. The zero-order valence-corrected chi connectivity index (χ0v) is 13.2. The Kier molecular flexibility index (Phi) is 4.91. The van der Waals surface area contributed by atoms with Crippen molar-refractivity contribution < 1.29 is 4.79 Å². The van der Waals surface area contributed by atoms with Gasteiger partial charge in [0.2, 0.25) is 11.5 Å². The van der Waals surface area contributed by atoms with Gasteiger partial charge >= 0.3 is 0 Å². The zero-order valence-electron chi connectivity index (χ0n) is 13.2. The van der Waals surface area contributed by atoms with Gasteiger partial charge in [0, 0.05) is 31.8 Å². The van der Waals surface area contributed by atoms with Crippen LogP contribution in [0.2, 0.25) is 0 Å². The number of rotatable bonds is 6. The zero-order chi connectivity index (χ0) is 16.1. The molecule has 1 heterocycles. The van der Waals surface area contributed by atoms with Gasteiger partial charge in [-0.25, -0.2) is 0 Å². The number of benzene rings is 1. The third-order valence-electron chi connectivity index (χ3n) is 4.49. The molecule has 1 aromatic carbocycles. The molecule has 0 saturated carbocycles. The lowest BCUT2D eigenvalue weighted by Crippen LogP contribution is -2.27. The second-order valence-electron chi connectivity index (χ2n) is 6.07. The Morgan fingerprint density at radius 1 is 1.17 bits per heavy atom. The van der Waals surface area contributed by atoms with Gasteiger partial charge in [-0.3, -0.25) is 9.59 Å². The molecule has 1 atom stereocenters. The first-order chi connectivity index (χ1) is 11.2. The number of carbonyl (C=O) groups is 1. The van der Waals surface area contributed by atoms with Crippen LogP contribution >= 0.6 is 0 Å². The second kappa shape index (κ2) is 7.27. The number of hydrogen-bond donors (Lipinski definition) is 1. The highest BCUT2D eigenvalue weighted by Crippen LogP contribution is 2.34. The van der Waals surface area contributed by atoms with Crippen LogP contribution in [0.25, 0.3) is 0 Å². The largest absolute Gasteiger partial charge is 0.356 e. The smallest absolute Gasteiger partial charge is 0.250 e. The van der Waals surface area contributed by atoms with Crippen molar-refractivity contribution in [3.63, 3.8) is 0 Å². The molecule has 0 aliphatic heterocycles. The lowest BCUT2D eigenvalue weighted by Gasteiger charge is -2.12. The fourth-order valence-corrected chi connectivity index (χ4v) is 3.28. The van der Waals surface area contributed by atoms with Crippen molar-refractivity contribution in [2.45, 2.75) is 38.1 Å². The van der Waals surface area contributed by atoms with Crippen molar-refractivity contribution >= 4 is 5.91 Å². The third-order valence-corrected chi connectivity index (χ3v) is 4.49. The summed E-state index contributed by atoms with van der Waals surface area (Å²) in [5.74, 6) is 0.454. The molecule has 120 valence electrons. The normalized spacial score (nSPS) is 16.1. The predicted octanol–water partition coefficient (Wildman–Crippen LogP) is 2.47. The summed E-state index contributed by atoms with van der Waals surface area (Å²) in [7, 11) is 0. The molecule has 4 heteroatoms. The molecule has 1 amide bonds. The minimum absolute atomic E-state index is 0.00129. The number of nitrogens with one attached hydrogen (secondary N) is 1. The lowest BCUT2D eigenvalue weighted by molar-refractivity contribution is -0.121. The van der Waals surface area contributed by atoms with Crippen LogP contribution in [0.4, 0.5) is 0 Å². The predicted molar refractivity (Wildman–Crippen MR) is 90.4 cm³/mol. The Morgan fingerprint density at radius 2 is 2.00 bits per heavy atom. The van der Waals surface area contributed by atoms with E-state index in [2.05, 4.69) is 23.5 Å². The molecule has 1 aliphatic rings. The van der Waals surface area contributed by atoms with Crippen LogP contribution in [0.15, 0.2) is 53.5 Å². The van der Waals surface area contributed by atoms with E-state index in [1.807, 2.05) is 12.1 Å². The highest BCUT2D eigenvalue weighted by molar-refractivity contribution is 5.77.